The van der Waals surface area contributed by atoms with Crippen LogP contribution in [0.2, 0.25) is 0 Å². The quantitative estimate of drug-likeness (QED) is 0.247. The van der Waals surface area contributed by atoms with Crippen LogP contribution < -0.4 is 10.6 Å². The standard InChI is InChI=1S/C30H34FN9OS/c1-19-5-4-8-38(14-19)17-25-10-28(42-37-25)36-29-30-33-13-26(40(30)15-21(3)35-29)23-12-34-39(16-23)18-27(41)32-11-22-6-7-24(31)9-20(22)2/h6-7,9-10,12-13,15-16,19H,4-5,8,11,14,17-18H2,1-3H3,(H,32,41)(H,35,36). The van der Waals surface area contributed by atoms with Gasteiger partial charge in [-0.3, -0.25) is 18.8 Å². The second-order valence-corrected chi connectivity index (χ2v) is 11.9. The Bertz CT molecular complexity index is 1720. The maximum Gasteiger partial charge on any atom is 0.241 e. The van der Waals surface area contributed by atoms with E-state index >= 15 is 0 Å². The van der Waals surface area contributed by atoms with Gasteiger partial charge < -0.3 is 10.6 Å². The Labute approximate surface area is 247 Å². The number of imidazole rings is 1. The molecule has 5 heterocycles. The summed E-state index contributed by atoms with van der Waals surface area (Å²) in [6.07, 6.45) is 9.82. The topological polar surface area (TPSA) is 105 Å². The number of rotatable bonds is 9. The number of nitrogens with zero attached hydrogens (tertiary/aromatic N) is 7. The summed E-state index contributed by atoms with van der Waals surface area (Å²) in [6.45, 7) is 9.58. The summed E-state index contributed by atoms with van der Waals surface area (Å²) in [5, 5.41) is 11.6. The highest BCUT2D eigenvalue weighted by atomic mass is 32.1. The smallest absolute Gasteiger partial charge is 0.241 e. The van der Waals surface area contributed by atoms with Gasteiger partial charge in [0.05, 0.1) is 29.5 Å². The van der Waals surface area contributed by atoms with Gasteiger partial charge in [0.15, 0.2) is 11.5 Å². The lowest BCUT2D eigenvalue weighted by molar-refractivity contribution is -0.122. The minimum absolute atomic E-state index is 0.0639. The van der Waals surface area contributed by atoms with Gasteiger partial charge in [-0.15, -0.1) is 0 Å². The summed E-state index contributed by atoms with van der Waals surface area (Å²) >= 11 is 1.43. The summed E-state index contributed by atoms with van der Waals surface area (Å²) in [5.74, 6) is 0.919. The summed E-state index contributed by atoms with van der Waals surface area (Å²) in [5.41, 5.74) is 5.93. The molecule has 1 atom stereocenters. The van der Waals surface area contributed by atoms with Crippen LogP contribution in [0.1, 0.15) is 42.3 Å². The maximum atomic E-state index is 13.4. The van der Waals surface area contributed by atoms with Crippen LogP contribution >= 0.6 is 11.5 Å². The van der Waals surface area contributed by atoms with Crippen LogP contribution in [0.15, 0.2) is 49.1 Å². The highest BCUT2D eigenvalue weighted by molar-refractivity contribution is 7.10. The van der Waals surface area contributed by atoms with Gasteiger partial charge in [-0.1, -0.05) is 13.0 Å². The average Bonchev–Trinajstić information content (AvgIpc) is 3.68. The molecule has 4 aromatic heterocycles. The van der Waals surface area contributed by atoms with E-state index in [1.807, 2.05) is 30.6 Å². The number of anilines is 2. The summed E-state index contributed by atoms with van der Waals surface area (Å²) in [6, 6.07) is 6.64. The van der Waals surface area contributed by atoms with E-state index in [1.165, 1.54) is 36.5 Å². The number of piperidine rings is 1. The molecule has 1 aromatic carbocycles. The van der Waals surface area contributed by atoms with Crippen LogP contribution in [-0.2, 0) is 24.4 Å². The number of nitrogens with one attached hydrogen (secondary N) is 2. The second-order valence-electron chi connectivity index (χ2n) is 11.1. The first-order chi connectivity index (χ1) is 20.3. The van der Waals surface area contributed by atoms with E-state index in [1.54, 1.807) is 23.1 Å². The van der Waals surface area contributed by atoms with Crippen molar-refractivity contribution in [3.8, 4) is 11.3 Å². The highest BCUT2D eigenvalue weighted by Crippen LogP contribution is 2.28. The number of aromatic nitrogens is 6. The Morgan fingerprint density at radius 3 is 2.90 bits per heavy atom. The molecule has 1 amide bonds. The SMILES string of the molecule is Cc1cn2c(-c3cnn(CC(=O)NCc4ccc(F)cc4C)c3)cnc2c(Nc2cc(CN3CCCC(C)C3)ns2)n1. The third-order valence-corrected chi connectivity index (χ3v) is 8.30. The lowest BCUT2D eigenvalue weighted by atomic mass is 10.0. The van der Waals surface area contributed by atoms with Gasteiger partial charge >= 0.3 is 0 Å². The zero-order chi connectivity index (χ0) is 29.2. The molecule has 218 valence electrons. The number of halogens is 1. The van der Waals surface area contributed by atoms with Gasteiger partial charge in [0.25, 0.3) is 0 Å². The second kappa shape index (κ2) is 12.0. The summed E-state index contributed by atoms with van der Waals surface area (Å²) in [7, 11) is 0. The van der Waals surface area contributed by atoms with Crippen LogP contribution in [0.3, 0.4) is 0 Å². The Hall–Kier alpha value is -4.16. The van der Waals surface area contributed by atoms with Crippen molar-refractivity contribution < 1.29 is 9.18 Å². The zero-order valence-electron chi connectivity index (χ0n) is 24.0. The molecule has 0 spiro atoms. The van der Waals surface area contributed by atoms with Crippen LogP contribution in [0.25, 0.3) is 16.9 Å². The lowest BCUT2D eigenvalue weighted by Gasteiger charge is -2.30. The van der Waals surface area contributed by atoms with Crippen molar-refractivity contribution in [3.05, 3.63) is 77.4 Å². The van der Waals surface area contributed by atoms with Crippen molar-refractivity contribution >= 4 is 33.9 Å². The van der Waals surface area contributed by atoms with E-state index in [9.17, 15) is 9.18 Å². The van der Waals surface area contributed by atoms with E-state index in [4.69, 9.17) is 4.98 Å². The molecule has 2 N–H and O–H groups in total. The van der Waals surface area contributed by atoms with E-state index in [2.05, 4.69) is 43.0 Å². The number of likely N-dealkylation sites (tertiary alicyclic amines) is 1. The van der Waals surface area contributed by atoms with Gasteiger partial charge in [-0.2, -0.15) is 9.47 Å². The van der Waals surface area contributed by atoms with Crippen molar-refractivity contribution in [1.82, 2.24) is 38.7 Å². The fraction of sp³-hybridized carbons (Fsp3) is 0.367. The van der Waals surface area contributed by atoms with E-state index in [0.29, 0.717) is 18.0 Å². The number of carbonyl (C=O) groups is 1. The molecule has 42 heavy (non-hydrogen) atoms. The first kappa shape index (κ1) is 28.0. The normalized spacial score (nSPS) is 15.8. The number of benzene rings is 1. The molecule has 0 aliphatic carbocycles. The van der Waals surface area contributed by atoms with Crippen molar-refractivity contribution in [2.45, 2.75) is 53.2 Å². The van der Waals surface area contributed by atoms with Gasteiger partial charge in [-0.25, -0.2) is 14.4 Å². The molecule has 1 aliphatic rings. The molecule has 0 bridgehead atoms. The van der Waals surface area contributed by atoms with Gasteiger partial charge in [0.2, 0.25) is 5.91 Å². The Morgan fingerprint density at radius 1 is 1.19 bits per heavy atom. The van der Waals surface area contributed by atoms with Gasteiger partial charge in [0.1, 0.15) is 17.4 Å². The Kier molecular flexibility index (Phi) is 7.98. The van der Waals surface area contributed by atoms with E-state index in [0.717, 1.165) is 64.3 Å². The fourth-order valence-electron chi connectivity index (χ4n) is 5.46. The van der Waals surface area contributed by atoms with E-state index in [-0.39, 0.29) is 18.3 Å². The zero-order valence-corrected chi connectivity index (χ0v) is 24.8. The molecule has 0 saturated carbocycles. The minimum atomic E-state index is -0.288. The van der Waals surface area contributed by atoms with Crippen LogP contribution in [0, 0.1) is 25.6 Å². The first-order valence-corrected chi connectivity index (χ1v) is 14.9. The molecule has 1 saturated heterocycles. The predicted octanol–water partition coefficient (Wildman–Crippen LogP) is 5.10. The van der Waals surface area contributed by atoms with Gasteiger partial charge in [-0.05, 0) is 80.0 Å². The van der Waals surface area contributed by atoms with Crippen LogP contribution in [-0.4, -0.2) is 52.4 Å². The number of amides is 1. The maximum absolute atomic E-state index is 13.4. The third kappa shape index (κ3) is 6.34. The molecular weight excluding hydrogens is 553 g/mol. The highest BCUT2D eigenvalue weighted by Gasteiger charge is 2.19. The fourth-order valence-corrected chi connectivity index (χ4v) is 6.12. The minimum Gasteiger partial charge on any atom is -0.350 e. The molecule has 1 fully saturated rings. The number of carbonyl (C=O) groups excluding carboxylic acids is 1. The number of hydrogen-bond donors (Lipinski definition) is 2. The summed E-state index contributed by atoms with van der Waals surface area (Å²) in [4.78, 5) is 24.4. The van der Waals surface area contributed by atoms with Crippen LogP contribution in [0.4, 0.5) is 15.2 Å². The van der Waals surface area contributed by atoms with Crippen molar-refractivity contribution in [3.63, 3.8) is 0 Å². The van der Waals surface area contributed by atoms with Crippen molar-refractivity contribution in [2.75, 3.05) is 18.4 Å². The number of hydrogen-bond acceptors (Lipinski definition) is 8. The molecule has 10 nitrogen and oxygen atoms in total. The molecule has 1 aliphatic heterocycles. The molecule has 1 unspecified atom stereocenters. The molecular formula is C30H34FN9OS. The molecule has 12 heteroatoms. The van der Waals surface area contributed by atoms with E-state index < -0.39 is 0 Å². The number of aryl methyl sites for hydroxylation is 2. The molecule has 5 aromatic rings. The lowest BCUT2D eigenvalue weighted by Crippen LogP contribution is -2.33. The average molecular weight is 588 g/mol. The largest absolute Gasteiger partial charge is 0.350 e. The van der Waals surface area contributed by atoms with Gasteiger partial charge in [0, 0.05) is 37.6 Å². The van der Waals surface area contributed by atoms with Crippen LogP contribution in [0.5, 0.6) is 0 Å². The monoisotopic (exact) mass is 587 g/mol. The number of fused-ring (bicyclic) bond motifs is 1. The Morgan fingerprint density at radius 2 is 2.07 bits per heavy atom. The van der Waals surface area contributed by atoms with Crippen molar-refractivity contribution in [2.24, 2.45) is 5.92 Å². The molecule has 0 radical (unpaired) electrons. The summed E-state index contributed by atoms with van der Waals surface area (Å²) < 4.78 is 21.6. The predicted molar refractivity (Wildman–Crippen MR) is 161 cm³/mol. The third-order valence-electron chi connectivity index (χ3n) is 7.56. The first-order valence-electron chi connectivity index (χ1n) is 14.1. The molecule has 6 rings (SSSR count). The Balaban J connectivity index is 1.13. The van der Waals surface area contributed by atoms with Crippen molar-refractivity contribution in [1.29, 1.82) is 0 Å².